The van der Waals surface area contributed by atoms with Crippen LogP contribution in [0.2, 0.25) is 0 Å². The summed E-state index contributed by atoms with van der Waals surface area (Å²) in [7, 11) is -0.118. The Morgan fingerprint density at radius 2 is 2.05 bits per heavy atom. The fraction of sp³-hybridized carbons (Fsp3) is 0.500. The van der Waals surface area contributed by atoms with Crippen LogP contribution >= 0.6 is 0 Å². The van der Waals surface area contributed by atoms with Crippen molar-refractivity contribution in [3.63, 3.8) is 0 Å². The first-order valence-corrected chi connectivity index (χ1v) is 8.51. The maximum Gasteiger partial charge on any atom is 0.250 e. The molecule has 1 heterocycles. The molecule has 2 rings (SSSR count). The standard InChI is InChI=1S/C14H21N3O4S/c1-15-22(19,20)12-5-3-11(4-6-12)9-16-14(18)13-10-17(2)7-8-21-13/h3-6,13,15H,7-10H2,1-2H3,(H,16,18)/t13-/m1/s1. The first kappa shape index (κ1) is 16.9. The summed E-state index contributed by atoms with van der Waals surface area (Å²) < 4.78 is 30.9. The number of carbonyl (C=O) groups is 1. The van der Waals surface area contributed by atoms with Crippen molar-refractivity contribution in [1.29, 1.82) is 0 Å². The van der Waals surface area contributed by atoms with Gasteiger partial charge in [-0.1, -0.05) is 12.1 Å². The van der Waals surface area contributed by atoms with Gasteiger partial charge >= 0.3 is 0 Å². The Kier molecular flexibility index (Phi) is 5.52. The van der Waals surface area contributed by atoms with Gasteiger partial charge < -0.3 is 15.0 Å². The zero-order valence-electron chi connectivity index (χ0n) is 12.7. The quantitative estimate of drug-likeness (QED) is 0.764. The van der Waals surface area contributed by atoms with Crippen LogP contribution in [0.3, 0.4) is 0 Å². The highest BCUT2D eigenvalue weighted by atomic mass is 32.2. The number of amides is 1. The summed E-state index contributed by atoms with van der Waals surface area (Å²) in [5.41, 5.74) is 0.826. The highest BCUT2D eigenvalue weighted by molar-refractivity contribution is 7.89. The Morgan fingerprint density at radius 3 is 2.64 bits per heavy atom. The number of ether oxygens (including phenoxy) is 1. The molecule has 2 N–H and O–H groups in total. The third-order valence-corrected chi connectivity index (χ3v) is 4.96. The summed E-state index contributed by atoms with van der Waals surface area (Å²) in [5.74, 6) is -0.154. The highest BCUT2D eigenvalue weighted by Gasteiger charge is 2.24. The van der Waals surface area contributed by atoms with Gasteiger partial charge in [0.2, 0.25) is 10.0 Å². The van der Waals surface area contributed by atoms with Gasteiger partial charge in [-0.2, -0.15) is 0 Å². The lowest BCUT2D eigenvalue weighted by Crippen LogP contribution is -2.48. The van der Waals surface area contributed by atoms with Crippen molar-refractivity contribution in [2.24, 2.45) is 0 Å². The zero-order chi connectivity index (χ0) is 16.2. The highest BCUT2D eigenvalue weighted by Crippen LogP contribution is 2.10. The van der Waals surface area contributed by atoms with Crippen LogP contribution in [0.25, 0.3) is 0 Å². The van der Waals surface area contributed by atoms with Crippen LogP contribution in [-0.4, -0.2) is 59.1 Å². The van der Waals surface area contributed by atoms with Gasteiger partial charge in [0, 0.05) is 19.6 Å². The van der Waals surface area contributed by atoms with Crippen molar-refractivity contribution in [2.75, 3.05) is 33.8 Å². The maximum atomic E-state index is 12.0. The summed E-state index contributed by atoms with van der Waals surface area (Å²) >= 11 is 0. The fourth-order valence-electron chi connectivity index (χ4n) is 2.14. The number of morpholine rings is 1. The van der Waals surface area contributed by atoms with Gasteiger partial charge in [-0.3, -0.25) is 4.79 Å². The predicted molar refractivity (Wildman–Crippen MR) is 81.8 cm³/mol. The fourth-order valence-corrected chi connectivity index (χ4v) is 2.87. The van der Waals surface area contributed by atoms with Crippen molar-refractivity contribution < 1.29 is 17.9 Å². The minimum atomic E-state index is -3.43. The van der Waals surface area contributed by atoms with E-state index in [9.17, 15) is 13.2 Å². The van der Waals surface area contributed by atoms with Gasteiger partial charge in [0.1, 0.15) is 6.10 Å². The van der Waals surface area contributed by atoms with Crippen LogP contribution in [0.15, 0.2) is 29.2 Å². The Hall–Kier alpha value is -1.48. The lowest BCUT2D eigenvalue weighted by Gasteiger charge is -2.29. The Bertz CT molecular complexity index is 615. The number of rotatable bonds is 5. The van der Waals surface area contributed by atoms with Crippen molar-refractivity contribution >= 4 is 15.9 Å². The average molecular weight is 327 g/mol. The van der Waals surface area contributed by atoms with Gasteiger partial charge in [0.05, 0.1) is 11.5 Å². The van der Waals surface area contributed by atoms with Gasteiger partial charge in [0.15, 0.2) is 0 Å². The van der Waals surface area contributed by atoms with E-state index in [-0.39, 0.29) is 10.8 Å². The topological polar surface area (TPSA) is 87.7 Å². The van der Waals surface area contributed by atoms with E-state index in [1.165, 1.54) is 19.2 Å². The largest absolute Gasteiger partial charge is 0.366 e. The molecular formula is C14H21N3O4S. The molecule has 22 heavy (non-hydrogen) atoms. The molecule has 0 saturated carbocycles. The van der Waals surface area contributed by atoms with Crippen molar-refractivity contribution in [3.05, 3.63) is 29.8 Å². The molecule has 8 heteroatoms. The number of hydrogen-bond acceptors (Lipinski definition) is 5. The summed E-state index contributed by atoms with van der Waals surface area (Å²) in [6.45, 7) is 2.28. The molecule has 1 saturated heterocycles. The number of sulfonamides is 1. The third kappa shape index (κ3) is 4.26. The second-order valence-electron chi connectivity index (χ2n) is 5.19. The lowest BCUT2D eigenvalue weighted by atomic mass is 10.2. The van der Waals surface area contributed by atoms with Gasteiger partial charge in [-0.15, -0.1) is 0 Å². The van der Waals surface area contributed by atoms with Crippen LogP contribution in [0.5, 0.6) is 0 Å². The second-order valence-corrected chi connectivity index (χ2v) is 7.08. The van der Waals surface area contributed by atoms with Gasteiger partial charge in [-0.05, 0) is 31.8 Å². The van der Waals surface area contributed by atoms with Crippen molar-refractivity contribution in [1.82, 2.24) is 14.9 Å². The normalized spacial score (nSPS) is 19.8. The van der Waals surface area contributed by atoms with E-state index < -0.39 is 16.1 Å². The molecule has 1 aliphatic rings. The molecule has 1 aliphatic heterocycles. The maximum absolute atomic E-state index is 12.0. The Labute approximate surface area is 130 Å². The molecule has 0 bridgehead atoms. The summed E-state index contributed by atoms with van der Waals surface area (Å²) in [6.07, 6.45) is -0.456. The number of benzene rings is 1. The molecule has 1 aromatic rings. The monoisotopic (exact) mass is 327 g/mol. The third-order valence-electron chi connectivity index (χ3n) is 3.53. The molecule has 122 valence electrons. The Morgan fingerprint density at radius 1 is 1.36 bits per heavy atom. The van der Waals surface area contributed by atoms with E-state index in [2.05, 4.69) is 10.0 Å². The smallest absolute Gasteiger partial charge is 0.250 e. The molecule has 1 fully saturated rings. The number of carbonyl (C=O) groups excluding carboxylic acids is 1. The van der Waals surface area contributed by atoms with E-state index in [0.29, 0.717) is 19.7 Å². The molecule has 1 atom stereocenters. The molecular weight excluding hydrogens is 306 g/mol. The van der Waals surface area contributed by atoms with E-state index >= 15 is 0 Å². The van der Waals surface area contributed by atoms with Gasteiger partial charge in [0.25, 0.3) is 5.91 Å². The van der Waals surface area contributed by atoms with E-state index in [0.717, 1.165) is 12.1 Å². The molecule has 7 nitrogen and oxygen atoms in total. The molecule has 0 spiro atoms. The molecule has 1 aromatic carbocycles. The number of nitrogens with zero attached hydrogens (tertiary/aromatic N) is 1. The second kappa shape index (κ2) is 7.19. The summed E-state index contributed by atoms with van der Waals surface area (Å²) in [6, 6.07) is 6.38. The van der Waals surface area contributed by atoms with E-state index in [1.54, 1.807) is 12.1 Å². The molecule has 0 aliphatic carbocycles. The average Bonchev–Trinajstić information content (AvgIpc) is 2.53. The van der Waals surface area contributed by atoms with Crippen LogP contribution in [-0.2, 0) is 26.1 Å². The van der Waals surface area contributed by atoms with Crippen LogP contribution in [0, 0.1) is 0 Å². The van der Waals surface area contributed by atoms with E-state index in [4.69, 9.17) is 4.74 Å². The first-order valence-electron chi connectivity index (χ1n) is 7.03. The predicted octanol–water partition coefficient (Wildman–Crippen LogP) is -0.458. The zero-order valence-corrected chi connectivity index (χ0v) is 13.5. The van der Waals surface area contributed by atoms with Crippen LogP contribution < -0.4 is 10.0 Å². The Balaban J connectivity index is 1.90. The molecule has 0 radical (unpaired) electrons. The van der Waals surface area contributed by atoms with E-state index in [1.807, 2.05) is 11.9 Å². The molecule has 0 aromatic heterocycles. The minimum Gasteiger partial charge on any atom is -0.366 e. The SMILES string of the molecule is CNS(=O)(=O)c1ccc(CNC(=O)[C@H]2CN(C)CCO2)cc1. The van der Waals surface area contributed by atoms with Crippen molar-refractivity contribution in [3.8, 4) is 0 Å². The number of nitrogens with one attached hydrogen (secondary N) is 2. The van der Waals surface area contributed by atoms with Crippen LogP contribution in [0.4, 0.5) is 0 Å². The molecule has 1 amide bonds. The lowest BCUT2D eigenvalue weighted by molar-refractivity contribution is -0.138. The summed E-state index contributed by atoms with van der Waals surface area (Å²) in [4.78, 5) is 14.3. The first-order chi connectivity index (χ1) is 10.4. The van der Waals surface area contributed by atoms with Crippen LogP contribution in [0.1, 0.15) is 5.56 Å². The van der Waals surface area contributed by atoms with Crippen molar-refractivity contribution in [2.45, 2.75) is 17.5 Å². The number of likely N-dealkylation sites (N-methyl/N-ethyl adjacent to an activating group) is 1. The summed E-state index contributed by atoms with van der Waals surface area (Å²) in [5, 5.41) is 2.81. The molecule has 0 unspecified atom stereocenters. The minimum absolute atomic E-state index is 0.154. The number of hydrogen-bond donors (Lipinski definition) is 2. The van der Waals surface area contributed by atoms with Gasteiger partial charge in [-0.25, -0.2) is 13.1 Å².